The highest BCUT2D eigenvalue weighted by Crippen LogP contribution is 2.20. The van der Waals surface area contributed by atoms with E-state index in [4.69, 9.17) is 17.3 Å². The van der Waals surface area contributed by atoms with Crippen molar-refractivity contribution in [1.82, 2.24) is 4.90 Å². The molecule has 0 spiro atoms. The number of halogens is 1. The lowest BCUT2D eigenvalue weighted by Crippen LogP contribution is -2.44. The van der Waals surface area contributed by atoms with Crippen LogP contribution in [0.15, 0.2) is 30.3 Å². The average molecular weight is 307 g/mol. The lowest BCUT2D eigenvalue weighted by Gasteiger charge is -2.34. The van der Waals surface area contributed by atoms with Crippen LogP contribution in [-0.2, 0) is 9.59 Å². The largest absolute Gasteiger partial charge is 0.370 e. The Kier molecular flexibility index (Phi) is 5.39. The van der Waals surface area contributed by atoms with Gasteiger partial charge in [0, 0.05) is 30.1 Å². The monoisotopic (exact) mass is 306 g/mol. The van der Waals surface area contributed by atoms with Gasteiger partial charge in [0.1, 0.15) is 0 Å². The van der Waals surface area contributed by atoms with Gasteiger partial charge in [0.25, 0.3) is 0 Å². The van der Waals surface area contributed by atoms with Crippen LogP contribution in [0.3, 0.4) is 0 Å². The number of nitrogens with two attached hydrogens (primary N) is 1. The van der Waals surface area contributed by atoms with E-state index in [1.807, 2.05) is 12.1 Å². The Morgan fingerprint density at radius 1 is 1.29 bits per heavy atom. The Labute approximate surface area is 129 Å². The first kappa shape index (κ1) is 15.6. The van der Waals surface area contributed by atoms with Gasteiger partial charge in [-0.1, -0.05) is 23.7 Å². The second-order valence-electron chi connectivity index (χ2n) is 5.24. The molecule has 112 valence electrons. The van der Waals surface area contributed by atoms with Gasteiger partial charge in [-0.25, -0.2) is 0 Å². The number of primary amides is 1. The lowest BCUT2D eigenvalue weighted by atomic mass is 9.99. The van der Waals surface area contributed by atoms with Crippen LogP contribution >= 0.6 is 11.6 Å². The lowest BCUT2D eigenvalue weighted by molar-refractivity contribution is -0.130. The Hall–Kier alpha value is -1.81. The predicted octanol–water partition coefficient (Wildman–Crippen LogP) is 2.61. The van der Waals surface area contributed by atoms with Crippen molar-refractivity contribution in [3.8, 4) is 0 Å². The molecule has 1 heterocycles. The van der Waals surface area contributed by atoms with Crippen LogP contribution < -0.4 is 5.73 Å². The van der Waals surface area contributed by atoms with Gasteiger partial charge < -0.3 is 10.6 Å². The molecule has 1 atom stereocenters. The van der Waals surface area contributed by atoms with Gasteiger partial charge in [-0.15, -0.1) is 0 Å². The number of rotatable bonds is 4. The molecule has 2 amide bonds. The number of nitrogens with zero attached hydrogens (tertiary/aromatic N) is 1. The van der Waals surface area contributed by atoms with Gasteiger partial charge in [0.15, 0.2) is 0 Å². The van der Waals surface area contributed by atoms with Crippen LogP contribution in [-0.4, -0.2) is 29.3 Å². The number of carbonyl (C=O) groups excluding carboxylic acids is 2. The van der Waals surface area contributed by atoms with E-state index in [0.29, 0.717) is 11.6 Å². The number of likely N-dealkylation sites (tertiary alicyclic amines) is 1. The maximum Gasteiger partial charge on any atom is 0.246 e. The summed E-state index contributed by atoms with van der Waals surface area (Å²) in [5.74, 6) is -0.433. The van der Waals surface area contributed by atoms with Crippen molar-refractivity contribution in [2.45, 2.75) is 31.7 Å². The van der Waals surface area contributed by atoms with E-state index in [2.05, 4.69) is 0 Å². The normalized spacial score (nSPS) is 18.9. The number of carbonyl (C=O) groups is 2. The molecule has 1 saturated heterocycles. The zero-order valence-electron chi connectivity index (χ0n) is 11.8. The fraction of sp³-hybridized carbons (Fsp3) is 0.375. The number of benzene rings is 1. The Morgan fingerprint density at radius 2 is 2.00 bits per heavy atom. The highest BCUT2D eigenvalue weighted by atomic mass is 35.5. The molecule has 1 aromatic rings. The van der Waals surface area contributed by atoms with Crippen LogP contribution in [0.4, 0.5) is 0 Å². The minimum atomic E-state index is -0.360. The van der Waals surface area contributed by atoms with Gasteiger partial charge in [0.05, 0.1) is 0 Å². The van der Waals surface area contributed by atoms with Crippen molar-refractivity contribution < 1.29 is 9.59 Å². The maximum absolute atomic E-state index is 12.3. The van der Waals surface area contributed by atoms with E-state index < -0.39 is 0 Å². The third kappa shape index (κ3) is 4.60. The molecule has 0 bridgehead atoms. The summed E-state index contributed by atoms with van der Waals surface area (Å²) in [6.07, 6.45) is 6.37. The van der Waals surface area contributed by atoms with E-state index in [-0.39, 0.29) is 24.3 Å². The first-order valence-corrected chi connectivity index (χ1v) is 7.46. The molecule has 0 aliphatic carbocycles. The second kappa shape index (κ2) is 7.27. The molecule has 5 heteroatoms. The Morgan fingerprint density at radius 3 is 2.67 bits per heavy atom. The summed E-state index contributed by atoms with van der Waals surface area (Å²) < 4.78 is 0. The standard InChI is InChI=1S/C16H19ClN2O2/c17-13-7-4-12(5-8-13)6-9-16(21)19-10-2-1-3-14(19)11-15(18)20/h4-9,14H,1-3,10-11H2,(H2,18,20)/b9-6+/t14-/m1/s1. The van der Waals surface area contributed by atoms with E-state index in [9.17, 15) is 9.59 Å². The molecule has 2 N–H and O–H groups in total. The van der Waals surface area contributed by atoms with Crippen molar-refractivity contribution in [1.29, 1.82) is 0 Å². The molecule has 1 aliphatic rings. The number of hydrogen-bond donors (Lipinski definition) is 1. The zero-order valence-corrected chi connectivity index (χ0v) is 12.6. The molecule has 0 unspecified atom stereocenters. The van der Waals surface area contributed by atoms with Crippen molar-refractivity contribution in [2.24, 2.45) is 5.73 Å². The van der Waals surface area contributed by atoms with Crippen LogP contribution in [0, 0.1) is 0 Å². The van der Waals surface area contributed by atoms with Gasteiger partial charge in [-0.3, -0.25) is 9.59 Å². The fourth-order valence-electron chi connectivity index (χ4n) is 2.57. The molecule has 4 nitrogen and oxygen atoms in total. The van der Waals surface area contributed by atoms with E-state index in [1.165, 1.54) is 0 Å². The topological polar surface area (TPSA) is 63.4 Å². The molecule has 1 fully saturated rings. The zero-order chi connectivity index (χ0) is 15.2. The van der Waals surface area contributed by atoms with Crippen LogP contribution in [0.5, 0.6) is 0 Å². The summed E-state index contributed by atoms with van der Waals surface area (Å²) in [6, 6.07) is 7.19. The highest BCUT2D eigenvalue weighted by Gasteiger charge is 2.26. The molecule has 21 heavy (non-hydrogen) atoms. The molecule has 1 aromatic carbocycles. The van der Waals surface area contributed by atoms with Crippen molar-refractivity contribution in [2.75, 3.05) is 6.54 Å². The van der Waals surface area contributed by atoms with E-state index >= 15 is 0 Å². The fourth-order valence-corrected chi connectivity index (χ4v) is 2.70. The number of hydrogen-bond acceptors (Lipinski definition) is 2. The van der Waals surface area contributed by atoms with Gasteiger partial charge in [-0.2, -0.15) is 0 Å². The quantitative estimate of drug-likeness (QED) is 0.869. The minimum absolute atomic E-state index is 0.0707. The maximum atomic E-state index is 12.3. The van der Waals surface area contributed by atoms with Crippen molar-refractivity contribution >= 4 is 29.5 Å². The summed E-state index contributed by atoms with van der Waals surface area (Å²) in [4.78, 5) is 25.1. The number of piperidine rings is 1. The summed E-state index contributed by atoms with van der Waals surface area (Å²) in [7, 11) is 0. The summed E-state index contributed by atoms with van der Waals surface area (Å²) in [5.41, 5.74) is 6.17. The third-order valence-corrected chi connectivity index (χ3v) is 3.89. The molecular weight excluding hydrogens is 288 g/mol. The molecule has 0 radical (unpaired) electrons. The van der Waals surface area contributed by atoms with Crippen LogP contribution in [0.25, 0.3) is 6.08 Å². The Bertz CT molecular complexity index is 540. The van der Waals surface area contributed by atoms with Crippen LogP contribution in [0.2, 0.25) is 5.02 Å². The van der Waals surface area contributed by atoms with Crippen molar-refractivity contribution in [3.63, 3.8) is 0 Å². The molecule has 2 rings (SSSR count). The van der Waals surface area contributed by atoms with Crippen molar-refractivity contribution in [3.05, 3.63) is 40.9 Å². The molecule has 0 aromatic heterocycles. The molecule has 1 aliphatic heterocycles. The molecular formula is C16H19ClN2O2. The Balaban J connectivity index is 2.03. The van der Waals surface area contributed by atoms with Gasteiger partial charge in [0.2, 0.25) is 11.8 Å². The minimum Gasteiger partial charge on any atom is -0.370 e. The molecule has 0 saturated carbocycles. The summed E-state index contributed by atoms with van der Waals surface area (Å²) >= 11 is 5.82. The smallest absolute Gasteiger partial charge is 0.246 e. The second-order valence-corrected chi connectivity index (χ2v) is 5.67. The highest BCUT2D eigenvalue weighted by molar-refractivity contribution is 6.30. The van der Waals surface area contributed by atoms with Gasteiger partial charge >= 0.3 is 0 Å². The van der Waals surface area contributed by atoms with E-state index in [0.717, 1.165) is 24.8 Å². The summed E-state index contributed by atoms with van der Waals surface area (Å²) in [6.45, 7) is 0.682. The number of amides is 2. The average Bonchev–Trinajstić information content (AvgIpc) is 2.46. The third-order valence-electron chi connectivity index (χ3n) is 3.64. The van der Waals surface area contributed by atoms with Crippen LogP contribution in [0.1, 0.15) is 31.2 Å². The first-order valence-electron chi connectivity index (χ1n) is 7.09. The summed E-state index contributed by atoms with van der Waals surface area (Å²) in [5, 5.41) is 0.663. The van der Waals surface area contributed by atoms with Gasteiger partial charge in [-0.05, 0) is 43.0 Å². The van der Waals surface area contributed by atoms with E-state index in [1.54, 1.807) is 29.2 Å². The predicted molar refractivity (Wildman–Crippen MR) is 83.6 cm³/mol. The SMILES string of the molecule is NC(=O)C[C@H]1CCCCN1C(=O)/C=C/c1ccc(Cl)cc1. The first-order chi connectivity index (χ1) is 10.1.